The lowest BCUT2D eigenvalue weighted by Gasteiger charge is -1.99. The van der Waals surface area contributed by atoms with E-state index in [-0.39, 0.29) is 11.5 Å². The molecule has 11 heavy (non-hydrogen) atoms. The van der Waals surface area contributed by atoms with E-state index in [1.54, 1.807) is 0 Å². The largest absolute Gasteiger partial charge is 0.383 e. The van der Waals surface area contributed by atoms with Crippen molar-refractivity contribution >= 4 is 12.1 Å². The van der Waals surface area contributed by atoms with Crippen LogP contribution in [-0.2, 0) is 7.05 Å². The molecule has 1 heterocycles. The molecule has 1 aromatic rings. The van der Waals surface area contributed by atoms with Gasteiger partial charge >= 0.3 is 5.69 Å². The second-order valence-electron chi connectivity index (χ2n) is 2.07. The summed E-state index contributed by atoms with van der Waals surface area (Å²) in [5.74, 6) is 0.0650. The van der Waals surface area contributed by atoms with Crippen molar-refractivity contribution in [2.75, 3.05) is 5.73 Å². The molecule has 1 rings (SSSR count). The smallest absolute Gasteiger partial charge is 0.349 e. The minimum absolute atomic E-state index is 0.0650. The molecular formula is C6H7N3O2. The number of hydrogen-bond donors (Lipinski definition) is 1. The average Bonchev–Trinajstić information content (AvgIpc) is 1.96. The maximum atomic E-state index is 10.8. The lowest BCUT2D eigenvalue weighted by molar-refractivity contribution is 0.111. The molecule has 0 aliphatic carbocycles. The van der Waals surface area contributed by atoms with Gasteiger partial charge in [-0.25, -0.2) is 4.79 Å². The second kappa shape index (κ2) is 2.53. The first kappa shape index (κ1) is 7.46. The molecule has 0 aliphatic heterocycles. The number of aldehydes is 1. The highest BCUT2D eigenvalue weighted by Gasteiger charge is 1.99. The van der Waals surface area contributed by atoms with Crippen LogP contribution in [0.25, 0.3) is 0 Å². The molecule has 0 atom stereocenters. The van der Waals surface area contributed by atoms with Crippen LogP contribution in [0, 0.1) is 0 Å². The molecule has 1 aromatic heterocycles. The minimum atomic E-state index is -0.521. The summed E-state index contributed by atoms with van der Waals surface area (Å²) >= 11 is 0. The number of rotatable bonds is 1. The summed E-state index contributed by atoms with van der Waals surface area (Å²) in [6.45, 7) is 0. The molecule has 0 aromatic carbocycles. The quantitative estimate of drug-likeness (QED) is 0.534. The van der Waals surface area contributed by atoms with E-state index in [4.69, 9.17) is 5.73 Å². The van der Waals surface area contributed by atoms with E-state index < -0.39 is 5.69 Å². The number of nitrogens with two attached hydrogens (primary N) is 1. The molecule has 0 fully saturated rings. The molecule has 0 saturated carbocycles. The Morgan fingerprint density at radius 2 is 2.36 bits per heavy atom. The van der Waals surface area contributed by atoms with Crippen molar-refractivity contribution in [1.29, 1.82) is 0 Å². The first-order chi connectivity index (χ1) is 5.15. The highest BCUT2D eigenvalue weighted by atomic mass is 16.1. The van der Waals surface area contributed by atoms with Gasteiger partial charge in [0, 0.05) is 13.1 Å². The van der Waals surface area contributed by atoms with Gasteiger partial charge < -0.3 is 5.73 Å². The molecule has 0 amide bonds. The van der Waals surface area contributed by atoms with Crippen molar-refractivity contribution in [1.82, 2.24) is 9.55 Å². The summed E-state index contributed by atoms with van der Waals surface area (Å²) in [6.07, 6.45) is 0.555. The summed E-state index contributed by atoms with van der Waals surface area (Å²) in [5, 5.41) is 0. The summed E-state index contributed by atoms with van der Waals surface area (Å²) in [6, 6.07) is 1.34. The normalized spacial score (nSPS) is 9.55. The van der Waals surface area contributed by atoms with E-state index in [1.165, 1.54) is 13.1 Å². The van der Waals surface area contributed by atoms with E-state index in [9.17, 15) is 9.59 Å². The standard InChI is InChI=1S/C6H7N3O2/c1-9-4(3-10)2-5(7)8-6(9)11/h2-3H,1H3,(H2,7,8,11). The van der Waals surface area contributed by atoms with Gasteiger partial charge in [0.1, 0.15) is 5.82 Å². The van der Waals surface area contributed by atoms with Gasteiger partial charge in [0.05, 0.1) is 5.69 Å². The number of nitrogen functional groups attached to an aromatic ring is 1. The predicted octanol–water partition coefficient (Wildman–Crippen LogP) is -0.825. The van der Waals surface area contributed by atoms with Crippen LogP contribution in [0.15, 0.2) is 10.9 Å². The zero-order valence-corrected chi connectivity index (χ0v) is 5.94. The SMILES string of the molecule is Cn1c(C=O)cc(N)nc1=O. The third-order valence-corrected chi connectivity index (χ3v) is 1.32. The molecule has 2 N–H and O–H groups in total. The number of carbonyl (C=O) groups is 1. The Hall–Kier alpha value is -1.65. The van der Waals surface area contributed by atoms with Gasteiger partial charge in [-0.05, 0) is 0 Å². The summed E-state index contributed by atoms with van der Waals surface area (Å²) in [4.78, 5) is 24.5. The zero-order chi connectivity index (χ0) is 8.43. The molecule has 0 bridgehead atoms. The van der Waals surface area contributed by atoms with Crippen LogP contribution in [0.2, 0.25) is 0 Å². The molecular weight excluding hydrogens is 146 g/mol. The number of anilines is 1. The van der Waals surface area contributed by atoms with E-state index in [0.29, 0.717) is 6.29 Å². The number of aromatic nitrogens is 2. The van der Waals surface area contributed by atoms with E-state index in [1.807, 2.05) is 0 Å². The Morgan fingerprint density at radius 1 is 1.73 bits per heavy atom. The molecule has 58 valence electrons. The number of carbonyl (C=O) groups excluding carboxylic acids is 1. The Morgan fingerprint density at radius 3 is 2.91 bits per heavy atom. The summed E-state index contributed by atoms with van der Waals surface area (Å²) in [5.41, 5.74) is 4.92. The Kier molecular flexibility index (Phi) is 1.72. The van der Waals surface area contributed by atoms with Crippen molar-refractivity contribution in [2.24, 2.45) is 7.05 Å². The van der Waals surface area contributed by atoms with Gasteiger partial charge in [-0.3, -0.25) is 9.36 Å². The maximum absolute atomic E-state index is 10.8. The predicted molar refractivity (Wildman–Crippen MR) is 39.3 cm³/mol. The van der Waals surface area contributed by atoms with Crippen molar-refractivity contribution in [3.63, 3.8) is 0 Å². The van der Waals surface area contributed by atoms with Crippen LogP contribution in [0.3, 0.4) is 0 Å². The fourth-order valence-electron chi connectivity index (χ4n) is 0.690. The van der Waals surface area contributed by atoms with Gasteiger partial charge in [-0.1, -0.05) is 0 Å². The minimum Gasteiger partial charge on any atom is -0.383 e. The zero-order valence-electron chi connectivity index (χ0n) is 5.94. The second-order valence-corrected chi connectivity index (χ2v) is 2.07. The maximum Gasteiger partial charge on any atom is 0.349 e. The average molecular weight is 153 g/mol. The monoisotopic (exact) mass is 153 g/mol. The lowest BCUT2D eigenvalue weighted by Crippen LogP contribution is -2.23. The van der Waals surface area contributed by atoms with Crippen molar-refractivity contribution < 1.29 is 4.79 Å². The number of nitrogens with zero attached hydrogens (tertiary/aromatic N) is 2. The fourth-order valence-corrected chi connectivity index (χ4v) is 0.690. The van der Waals surface area contributed by atoms with Crippen LogP contribution >= 0.6 is 0 Å². The van der Waals surface area contributed by atoms with Gasteiger partial charge in [0.15, 0.2) is 6.29 Å². The van der Waals surface area contributed by atoms with E-state index in [0.717, 1.165) is 4.57 Å². The fraction of sp³-hybridized carbons (Fsp3) is 0.167. The molecule has 0 spiro atoms. The Balaban J connectivity index is 3.48. The van der Waals surface area contributed by atoms with Crippen LogP contribution in [0.5, 0.6) is 0 Å². The third-order valence-electron chi connectivity index (χ3n) is 1.32. The topological polar surface area (TPSA) is 78.0 Å². The van der Waals surface area contributed by atoms with Gasteiger partial charge in [-0.2, -0.15) is 4.98 Å². The molecule has 0 saturated heterocycles. The number of hydrogen-bond acceptors (Lipinski definition) is 4. The van der Waals surface area contributed by atoms with E-state index in [2.05, 4.69) is 4.98 Å². The van der Waals surface area contributed by atoms with Gasteiger partial charge in [0.25, 0.3) is 0 Å². The highest BCUT2D eigenvalue weighted by Crippen LogP contribution is 1.94. The van der Waals surface area contributed by atoms with Crippen LogP contribution < -0.4 is 11.4 Å². The molecule has 5 nitrogen and oxygen atoms in total. The first-order valence-electron chi connectivity index (χ1n) is 2.94. The van der Waals surface area contributed by atoms with Crippen LogP contribution in [0.1, 0.15) is 10.5 Å². The van der Waals surface area contributed by atoms with Crippen LogP contribution in [-0.4, -0.2) is 15.8 Å². The first-order valence-corrected chi connectivity index (χ1v) is 2.94. The van der Waals surface area contributed by atoms with Crippen molar-refractivity contribution in [3.05, 3.63) is 22.2 Å². The third kappa shape index (κ3) is 1.26. The van der Waals surface area contributed by atoms with Gasteiger partial charge in [-0.15, -0.1) is 0 Å². The van der Waals surface area contributed by atoms with Gasteiger partial charge in [0.2, 0.25) is 0 Å². The molecule has 0 radical (unpaired) electrons. The summed E-state index contributed by atoms with van der Waals surface area (Å²) < 4.78 is 1.13. The summed E-state index contributed by atoms with van der Waals surface area (Å²) in [7, 11) is 1.46. The molecule has 0 unspecified atom stereocenters. The lowest BCUT2D eigenvalue weighted by atomic mass is 10.4. The van der Waals surface area contributed by atoms with Crippen molar-refractivity contribution in [3.8, 4) is 0 Å². The molecule has 0 aliphatic rings. The van der Waals surface area contributed by atoms with E-state index >= 15 is 0 Å². The van der Waals surface area contributed by atoms with Crippen molar-refractivity contribution in [2.45, 2.75) is 0 Å². The molecule has 5 heteroatoms. The van der Waals surface area contributed by atoms with Crippen LogP contribution in [0.4, 0.5) is 5.82 Å². The Bertz CT molecular complexity index is 342. The highest BCUT2D eigenvalue weighted by molar-refractivity contribution is 5.73. The Labute approximate surface area is 62.5 Å².